The molecule has 29 heavy (non-hydrogen) atoms. The molecule has 0 radical (unpaired) electrons. The molecule has 0 aliphatic heterocycles. The number of halogens is 1. The van der Waals surface area contributed by atoms with Crippen molar-refractivity contribution < 1.29 is 9.53 Å². The van der Waals surface area contributed by atoms with Crippen LogP contribution in [-0.4, -0.2) is 17.6 Å². The van der Waals surface area contributed by atoms with Gasteiger partial charge in [0.05, 0.1) is 18.7 Å². The summed E-state index contributed by atoms with van der Waals surface area (Å²) in [6, 6.07) is 19.8. The summed E-state index contributed by atoms with van der Waals surface area (Å²) in [6.07, 6.45) is 2.66. The average Bonchev–Trinajstić information content (AvgIpc) is 3.55. The predicted molar refractivity (Wildman–Crippen MR) is 117 cm³/mol. The third-order valence-corrected chi connectivity index (χ3v) is 5.09. The van der Waals surface area contributed by atoms with Crippen LogP contribution in [0.3, 0.4) is 0 Å². The zero-order valence-corrected chi connectivity index (χ0v) is 17.1. The van der Waals surface area contributed by atoms with Gasteiger partial charge in [-0.15, -0.1) is 0 Å². The molecule has 5 heteroatoms. The Morgan fingerprint density at radius 3 is 2.59 bits per heavy atom. The van der Waals surface area contributed by atoms with E-state index >= 15 is 0 Å². The number of esters is 1. The maximum Gasteiger partial charge on any atom is 0.310 e. The Morgan fingerprint density at radius 2 is 1.90 bits per heavy atom. The summed E-state index contributed by atoms with van der Waals surface area (Å²) in [5.41, 5.74) is 5.93. The fourth-order valence-electron chi connectivity index (χ4n) is 3.26. The van der Waals surface area contributed by atoms with Crippen LogP contribution in [0.2, 0.25) is 5.02 Å². The van der Waals surface area contributed by atoms with E-state index in [-0.39, 0.29) is 12.4 Å². The van der Waals surface area contributed by atoms with E-state index in [1.807, 2.05) is 61.5 Å². The van der Waals surface area contributed by atoms with Gasteiger partial charge in [-0.05, 0) is 61.7 Å². The number of hydrogen-bond acceptors (Lipinski definition) is 4. The lowest BCUT2D eigenvalue weighted by Gasteiger charge is -2.12. The first-order valence-corrected chi connectivity index (χ1v) is 10.3. The zero-order valence-electron chi connectivity index (χ0n) is 16.3. The Hall–Kier alpha value is -2.85. The molecule has 0 saturated heterocycles. The number of rotatable bonds is 7. The molecule has 1 heterocycles. The van der Waals surface area contributed by atoms with Crippen LogP contribution in [0.25, 0.3) is 11.3 Å². The molecule has 0 spiro atoms. The molecule has 1 saturated carbocycles. The third kappa shape index (κ3) is 5.15. The Labute approximate surface area is 175 Å². The number of carbonyl (C=O) groups excluding carboxylic acids is 1. The molecule has 1 aliphatic carbocycles. The van der Waals surface area contributed by atoms with Gasteiger partial charge in [-0.25, -0.2) is 0 Å². The largest absolute Gasteiger partial charge is 0.466 e. The molecule has 1 fully saturated rings. The van der Waals surface area contributed by atoms with Gasteiger partial charge in [0.15, 0.2) is 0 Å². The number of nitrogens with zero attached hydrogens (tertiary/aromatic N) is 1. The van der Waals surface area contributed by atoms with Crippen LogP contribution >= 0.6 is 11.6 Å². The summed E-state index contributed by atoms with van der Waals surface area (Å²) < 4.78 is 5.01. The standard InChI is InChI=1S/C24H23ClN2O2/c1-2-29-24(28)12-16-6-10-20(11-7-16)26-21-14-22(17-8-9-17)27-23(15-21)18-4-3-5-19(25)13-18/h3-7,10-11,13-15,17H,2,8-9,12H2,1H3,(H,26,27). The first-order valence-electron chi connectivity index (χ1n) is 9.90. The zero-order chi connectivity index (χ0) is 20.2. The molecule has 3 aromatic rings. The highest BCUT2D eigenvalue weighted by molar-refractivity contribution is 6.30. The van der Waals surface area contributed by atoms with Crippen molar-refractivity contribution in [2.45, 2.75) is 32.1 Å². The molecule has 4 rings (SSSR count). The number of carbonyl (C=O) groups is 1. The Balaban J connectivity index is 1.56. The summed E-state index contributed by atoms with van der Waals surface area (Å²) in [6.45, 7) is 2.21. The second-order valence-electron chi connectivity index (χ2n) is 7.25. The molecular weight excluding hydrogens is 384 g/mol. The highest BCUT2D eigenvalue weighted by Crippen LogP contribution is 2.41. The summed E-state index contributed by atoms with van der Waals surface area (Å²) in [4.78, 5) is 16.5. The van der Waals surface area contributed by atoms with Gasteiger partial charge in [0.1, 0.15) is 0 Å². The Kier molecular flexibility index (Phi) is 5.81. The van der Waals surface area contributed by atoms with Crippen molar-refractivity contribution in [1.82, 2.24) is 4.98 Å². The number of anilines is 2. The van der Waals surface area contributed by atoms with Crippen molar-refractivity contribution in [3.05, 3.63) is 76.9 Å². The maximum absolute atomic E-state index is 11.6. The second kappa shape index (κ2) is 8.66. The van der Waals surface area contributed by atoms with E-state index in [1.54, 1.807) is 0 Å². The molecule has 0 amide bonds. The summed E-state index contributed by atoms with van der Waals surface area (Å²) in [5, 5.41) is 4.17. The molecule has 148 valence electrons. The van der Waals surface area contributed by atoms with E-state index in [2.05, 4.69) is 11.4 Å². The molecule has 0 bridgehead atoms. The van der Waals surface area contributed by atoms with E-state index in [0.717, 1.165) is 33.9 Å². The van der Waals surface area contributed by atoms with E-state index in [9.17, 15) is 4.79 Å². The molecule has 0 unspecified atom stereocenters. The topological polar surface area (TPSA) is 51.2 Å². The van der Waals surface area contributed by atoms with Crippen molar-refractivity contribution in [2.24, 2.45) is 0 Å². The second-order valence-corrected chi connectivity index (χ2v) is 7.69. The van der Waals surface area contributed by atoms with Crippen molar-refractivity contribution in [1.29, 1.82) is 0 Å². The van der Waals surface area contributed by atoms with Gasteiger partial charge in [0, 0.05) is 33.6 Å². The molecule has 2 aromatic carbocycles. The van der Waals surface area contributed by atoms with E-state index in [4.69, 9.17) is 21.3 Å². The average molecular weight is 407 g/mol. The molecular formula is C24H23ClN2O2. The lowest BCUT2D eigenvalue weighted by atomic mass is 10.1. The van der Waals surface area contributed by atoms with Gasteiger partial charge in [0.25, 0.3) is 0 Å². The molecule has 4 nitrogen and oxygen atoms in total. The summed E-state index contributed by atoms with van der Waals surface area (Å²) in [5.74, 6) is 0.337. The molecule has 1 N–H and O–H groups in total. The third-order valence-electron chi connectivity index (χ3n) is 4.86. The number of benzene rings is 2. The van der Waals surface area contributed by atoms with Crippen LogP contribution in [0, 0.1) is 0 Å². The van der Waals surface area contributed by atoms with E-state index < -0.39 is 0 Å². The van der Waals surface area contributed by atoms with Crippen molar-refractivity contribution in [3.8, 4) is 11.3 Å². The van der Waals surface area contributed by atoms with Gasteiger partial charge >= 0.3 is 5.97 Å². The number of aromatic nitrogens is 1. The van der Waals surface area contributed by atoms with Crippen molar-refractivity contribution in [3.63, 3.8) is 0 Å². The lowest BCUT2D eigenvalue weighted by Crippen LogP contribution is -2.07. The first-order chi connectivity index (χ1) is 14.1. The van der Waals surface area contributed by atoms with Crippen molar-refractivity contribution >= 4 is 28.9 Å². The number of nitrogens with one attached hydrogen (secondary N) is 1. The number of pyridine rings is 1. The minimum atomic E-state index is -0.206. The SMILES string of the molecule is CCOC(=O)Cc1ccc(Nc2cc(-c3cccc(Cl)c3)nc(C3CC3)c2)cc1. The fourth-order valence-corrected chi connectivity index (χ4v) is 3.45. The summed E-state index contributed by atoms with van der Waals surface area (Å²) >= 11 is 6.17. The van der Waals surface area contributed by atoms with Crippen LogP contribution in [-0.2, 0) is 16.0 Å². The molecule has 1 aromatic heterocycles. The number of hydrogen-bond donors (Lipinski definition) is 1. The van der Waals surface area contributed by atoms with Gasteiger partial charge < -0.3 is 10.1 Å². The van der Waals surface area contributed by atoms with Crippen LogP contribution in [0.1, 0.15) is 36.9 Å². The lowest BCUT2D eigenvalue weighted by molar-refractivity contribution is -0.142. The predicted octanol–water partition coefficient (Wildman–Crippen LogP) is 6.13. The van der Waals surface area contributed by atoms with Gasteiger partial charge in [-0.1, -0.05) is 35.9 Å². The Morgan fingerprint density at radius 1 is 1.10 bits per heavy atom. The molecule has 0 atom stereocenters. The van der Waals surface area contributed by atoms with E-state index in [0.29, 0.717) is 17.5 Å². The van der Waals surface area contributed by atoms with Crippen molar-refractivity contribution in [2.75, 3.05) is 11.9 Å². The summed E-state index contributed by atoms with van der Waals surface area (Å²) in [7, 11) is 0. The highest BCUT2D eigenvalue weighted by Gasteiger charge is 2.26. The maximum atomic E-state index is 11.6. The quantitative estimate of drug-likeness (QED) is 0.479. The van der Waals surface area contributed by atoms with Crippen LogP contribution < -0.4 is 5.32 Å². The van der Waals surface area contributed by atoms with Crippen LogP contribution in [0.4, 0.5) is 11.4 Å². The fraction of sp³-hybridized carbons (Fsp3) is 0.250. The number of ether oxygens (including phenoxy) is 1. The van der Waals surface area contributed by atoms with Gasteiger partial charge in [-0.3, -0.25) is 9.78 Å². The highest BCUT2D eigenvalue weighted by atomic mass is 35.5. The minimum Gasteiger partial charge on any atom is -0.466 e. The smallest absolute Gasteiger partial charge is 0.310 e. The molecule has 1 aliphatic rings. The normalized spacial score (nSPS) is 13.2. The van der Waals surface area contributed by atoms with Gasteiger partial charge in [-0.2, -0.15) is 0 Å². The first kappa shape index (κ1) is 19.5. The monoisotopic (exact) mass is 406 g/mol. The van der Waals surface area contributed by atoms with E-state index in [1.165, 1.54) is 12.8 Å². The van der Waals surface area contributed by atoms with Crippen LogP contribution in [0.5, 0.6) is 0 Å². The van der Waals surface area contributed by atoms with Crippen LogP contribution in [0.15, 0.2) is 60.7 Å². The Bertz CT molecular complexity index is 1010. The van der Waals surface area contributed by atoms with Gasteiger partial charge in [0.2, 0.25) is 0 Å². The minimum absolute atomic E-state index is 0.206.